The molecule has 2 aromatic rings. The summed E-state index contributed by atoms with van der Waals surface area (Å²) in [7, 11) is 0. The number of hydrogen-bond donors (Lipinski definition) is 1. The zero-order chi connectivity index (χ0) is 18.5. The molecule has 1 fully saturated rings. The van der Waals surface area contributed by atoms with Crippen LogP contribution in [0.3, 0.4) is 0 Å². The number of benzene rings is 2. The fourth-order valence-corrected chi connectivity index (χ4v) is 3.32. The van der Waals surface area contributed by atoms with Crippen molar-refractivity contribution in [2.75, 3.05) is 31.5 Å². The lowest BCUT2D eigenvalue weighted by molar-refractivity contribution is -0.133. The molecule has 1 atom stereocenters. The minimum atomic E-state index is -0.467. The topological polar surface area (TPSA) is 35.6 Å². The summed E-state index contributed by atoms with van der Waals surface area (Å²) in [5.41, 5.74) is 1.93. The largest absolute Gasteiger partial charge is 0.374 e. The summed E-state index contributed by atoms with van der Waals surface area (Å²) < 4.78 is 13.2. The van der Waals surface area contributed by atoms with Crippen LogP contribution in [0.25, 0.3) is 0 Å². The van der Waals surface area contributed by atoms with Gasteiger partial charge in [0.05, 0.1) is 5.02 Å². The van der Waals surface area contributed by atoms with E-state index in [4.69, 9.17) is 11.6 Å². The molecule has 1 aliphatic rings. The van der Waals surface area contributed by atoms with Gasteiger partial charge in [-0.05, 0) is 30.7 Å². The monoisotopic (exact) mass is 375 g/mol. The molecule has 1 amide bonds. The van der Waals surface area contributed by atoms with E-state index in [1.54, 1.807) is 6.07 Å². The molecule has 6 heteroatoms. The molecule has 1 saturated heterocycles. The molecule has 1 heterocycles. The molecule has 26 heavy (non-hydrogen) atoms. The number of carbonyl (C=O) groups is 1. The lowest BCUT2D eigenvalue weighted by Crippen LogP contribution is -2.51. The van der Waals surface area contributed by atoms with Gasteiger partial charge in [-0.25, -0.2) is 4.39 Å². The number of carbonyl (C=O) groups excluding carboxylic acids is 1. The van der Waals surface area contributed by atoms with E-state index in [1.807, 2.05) is 30.0 Å². The Kier molecular flexibility index (Phi) is 6.12. The van der Waals surface area contributed by atoms with Crippen molar-refractivity contribution < 1.29 is 9.18 Å². The highest BCUT2D eigenvalue weighted by Gasteiger charge is 2.25. The first-order chi connectivity index (χ1) is 12.5. The molecule has 2 aromatic carbocycles. The Balaban J connectivity index is 1.50. The highest BCUT2D eigenvalue weighted by molar-refractivity contribution is 6.31. The maximum absolute atomic E-state index is 13.2. The zero-order valence-electron chi connectivity index (χ0n) is 14.8. The summed E-state index contributed by atoms with van der Waals surface area (Å²) in [6.45, 7) is 5.86. The average molecular weight is 376 g/mol. The van der Waals surface area contributed by atoms with Gasteiger partial charge in [-0.15, -0.1) is 0 Å². The molecule has 3 rings (SSSR count). The highest BCUT2D eigenvalue weighted by Crippen LogP contribution is 2.20. The van der Waals surface area contributed by atoms with Crippen molar-refractivity contribution in [1.82, 2.24) is 9.80 Å². The van der Waals surface area contributed by atoms with Gasteiger partial charge in [0.2, 0.25) is 5.91 Å². The van der Waals surface area contributed by atoms with Crippen molar-refractivity contribution >= 4 is 23.2 Å². The van der Waals surface area contributed by atoms with Crippen LogP contribution in [-0.2, 0) is 11.3 Å². The number of nitrogens with zero attached hydrogens (tertiary/aromatic N) is 2. The van der Waals surface area contributed by atoms with Crippen molar-refractivity contribution in [3.8, 4) is 0 Å². The van der Waals surface area contributed by atoms with Crippen LogP contribution >= 0.6 is 11.6 Å². The van der Waals surface area contributed by atoms with E-state index in [-0.39, 0.29) is 10.9 Å². The van der Waals surface area contributed by atoms with Crippen LogP contribution in [0.1, 0.15) is 12.5 Å². The first kappa shape index (κ1) is 18.7. The molecular weight excluding hydrogens is 353 g/mol. The number of halogens is 2. The molecule has 4 nitrogen and oxygen atoms in total. The summed E-state index contributed by atoms with van der Waals surface area (Å²) in [5.74, 6) is -0.421. The maximum atomic E-state index is 13.2. The predicted octanol–water partition coefficient (Wildman–Crippen LogP) is 3.62. The lowest BCUT2D eigenvalue weighted by Gasteiger charge is -2.36. The second-order valence-electron chi connectivity index (χ2n) is 6.58. The van der Waals surface area contributed by atoms with Gasteiger partial charge in [-0.2, -0.15) is 0 Å². The summed E-state index contributed by atoms with van der Waals surface area (Å²) in [6, 6.07) is 14.3. The summed E-state index contributed by atoms with van der Waals surface area (Å²) in [5, 5.41) is 3.15. The Labute approximate surface area is 158 Å². The van der Waals surface area contributed by atoms with Crippen LogP contribution < -0.4 is 5.32 Å². The first-order valence-corrected chi connectivity index (χ1v) is 9.17. The van der Waals surface area contributed by atoms with E-state index in [0.717, 1.165) is 19.6 Å². The van der Waals surface area contributed by atoms with Gasteiger partial charge < -0.3 is 10.2 Å². The Morgan fingerprint density at radius 3 is 2.50 bits per heavy atom. The third-order valence-corrected chi connectivity index (χ3v) is 4.90. The summed E-state index contributed by atoms with van der Waals surface area (Å²) >= 11 is 5.79. The van der Waals surface area contributed by atoms with Gasteiger partial charge in [0, 0.05) is 38.4 Å². The average Bonchev–Trinajstić information content (AvgIpc) is 2.65. The third-order valence-electron chi connectivity index (χ3n) is 4.61. The van der Waals surface area contributed by atoms with Crippen LogP contribution in [0, 0.1) is 5.82 Å². The van der Waals surface area contributed by atoms with Crippen LogP contribution in [-0.4, -0.2) is 47.9 Å². The molecule has 0 radical (unpaired) electrons. The molecule has 0 aliphatic carbocycles. The Morgan fingerprint density at radius 2 is 1.85 bits per heavy atom. The summed E-state index contributed by atoms with van der Waals surface area (Å²) in [4.78, 5) is 16.9. The molecule has 138 valence electrons. The van der Waals surface area contributed by atoms with Crippen LogP contribution in [0.2, 0.25) is 5.02 Å². The van der Waals surface area contributed by atoms with Crippen LogP contribution in [0.4, 0.5) is 10.1 Å². The molecule has 0 bridgehead atoms. The van der Waals surface area contributed by atoms with E-state index in [1.165, 1.54) is 17.7 Å². The van der Waals surface area contributed by atoms with Gasteiger partial charge in [0.15, 0.2) is 0 Å². The van der Waals surface area contributed by atoms with Crippen LogP contribution in [0.5, 0.6) is 0 Å². The number of nitrogens with one attached hydrogen (secondary N) is 1. The van der Waals surface area contributed by atoms with Crippen molar-refractivity contribution in [2.24, 2.45) is 0 Å². The molecule has 1 aliphatic heterocycles. The van der Waals surface area contributed by atoms with Gasteiger partial charge in [-0.3, -0.25) is 9.69 Å². The smallest absolute Gasteiger partial charge is 0.244 e. The number of piperazine rings is 1. The standard InChI is InChI=1S/C20H23ClFN3O/c1-15(23-17-7-8-19(22)18(21)13-17)20(26)25-11-9-24(10-12-25)14-16-5-3-2-4-6-16/h2-8,13,15,23H,9-12,14H2,1H3/t15-/m1/s1. The normalized spacial score (nSPS) is 16.3. The molecule has 0 aromatic heterocycles. The van der Waals surface area contributed by atoms with E-state index in [2.05, 4.69) is 22.3 Å². The van der Waals surface area contributed by atoms with Crippen molar-refractivity contribution in [3.63, 3.8) is 0 Å². The molecule has 0 saturated carbocycles. The minimum absolute atomic E-state index is 0.0455. The van der Waals surface area contributed by atoms with Crippen molar-refractivity contribution in [3.05, 3.63) is 64.9 Å². The van der Waals surface area contributed by atoms with E-state index in [0.29, 0.717) is 18.8 Å². The lowest BCUT2D eigenvalue weighted by atomic mass is 10.2. The molecular formula is C20H23ClFN3O. The third kappa shape index (κ3) is 4.74. The SMILES string of the molecule is C[C@@H](Nc1ccc(F)c(Cl)c1)C(=O)N1CCN(Cc2ccccc2)CC1. The Bertz CT molecular complexity index is 748. The molecule has 0 spiro atoms. The van der Waals surface area contributed by atoms with Gasteiger partial charge in [0.25, 0.3) is 0 Å². The number of anilines is 1. The fourth-order valence-electron chi connectivity index (χ4n) is 3.14. The van der Waals surface area contributed by atoms with Crippen molar-refractivity contribution in [2.45, 2.75) is 19.5 Å². The van der Waals surface area contributed by atoms with E-state index < -0.39 is 11.9 Å². The highest BCUT2D eigenvalue weighted by atomic mass is 35.5. The second kappa shape index (κ2) is 8.52. The fraction of sp³-hybridized carbons (Fsp3) is 0.350. The van der Waals surface area contributed by atoms with Crippen molar-refractivity contribution in [1.29, 1.82) is 0 Å². The second-order valence-corrected chi connectivity index (χ2v) is 6.99. The van der Waals surface area contributed by atoms with Crippen LogP contribution in [0.15, 0.2) is 48.5 Å². The Morgan fingerprint density at radius 1 is 1.15 bits per heavy atom. The number of amides is 1. The van der Waals surface area contributed by atoms with Gasteiger partial charge in [0.1, 0.15) is 11.9 Å². The van der Waals surface area contributed by atoms with Gasteiger partial charge in [-0.1, -0.05) is 41.9 Å². The first-order valence-electron chi connectivity index (χ1n) is 8.79. The zero-order valence-corrected chi connectivity index (χ0v) is 15.5. The van der Waals surface area contributed by atoms with E-state index >= 15 is 0 Å². The number of rotatable bonds is 5. The quantitative estimate of drug-likeness (QED) is 0.866. The summed E-state index contributed by atoms with van der Waals surface area (Å²) in [6.07, 6.45) is 0. The molecule has 0 unspecified atom stereocenters. The predicted molar refractivity (Wildman–Crippen MR) is 103 cm³/mol. The van der Waals surface area contributed by atoms with E-state index in [9.17, 15) is 9.18 Å². The molecule has 1 N–H and O–H groups in total. The van der Waals surface area contributed by atoms with Gasteiger partial charge >= 0.3 is 0 Å². The minimum Gasteiger partial charge on any atom is -0.374 e. The number of hydrogen-bond acceptors (Lipinski definition) is 3. The maximum Gasteiger partial charge on any atom is 0.244 e. The Hall–Kier alpha value is -2.11.